The Hall–Kier alpha value is -0.990. The van der Waals surface area contributed by atoms with Gasteiger partial charge in [0.1, 0.15) is 0 Å². The van der Waals surface area contributed by atoms with E-state index in [0.717, 1.165) is 0 Å². The normalized spacial score (nSPS) is 28.4. The van der Waals surface area contributed by atoms with Gasteiger partial charge in [0.15, 0.2) is 0 Å². The van der Waals surface area contributed by atoms with Crippen LogP contribution in [0, 0.1) is 0 Å². The molecule has 0 saturated carbocycles. The molecule has 0 unspecified atom stereocenters. The lowest BCUT2D eigenvalue weighted by molar-refractivity contribution is 0.0453. The van der Waals surface area contributed by atoms with Crippen molar-refractivity contribution in [3.05, 3.63) is 30.3 Å². The smallest absolute Gasteiger partial charge is 0.240 e. The number of benzene rings is 1. The van der Waals surface area contributed by atoms with Crippen molar-refractivity contribution >= 4 is 10.0 Å². The summed E-state index contributed by atoms with van der Waals surface area (Å²) in [5, 5.41) is 9.64. The van der Waals surface area contributed by atoms with Crippen LogP contribution in [0.3, 0.4) is 0 Å². The number of hydrogen-bond acceptors (Lipinski definition) is 5. The summed E-state index contributed by atoms with van der Waals surface area (Å²) < 4.78 is 31.4. The van der Waals surface area contributed by atoms with Crippen LogP contribution in [-0.2, 0) is 14.8 Å². The van der Waals surface area contributed by atoms with Gasteiger partial charge in [0.25, 0.3) is 0 Å². The highest BCUT2D eigenvalue weighted by molar-refractivity contribution is 7.89. The fourth-order valence-corrected chi connectivity index (χ4v) is 2.83. The monoisotopic (exact) mass is 272 g/mol. The topological polar surface area (TPSA) is 102 Å². The Balaban J connectivity index is 1.98. The Morgan fingerprint density at radius 1 is 1.39 bits per heavy atom. The van der Waals surface area contributed by atoms with Crippen molar-refractivity contribution in [1.82, 2.24) is 4.72 Å². The third kappa shape index (κ3) is 2.88. The van der Waals surface area contributed by atoms with Crippen molar-refractivity contribution < 1.29 is 18.3 Å². The summed E-state index contributed by atoms with van der Waals surface area (Å²) in [7, 11) is -3.57. The maximum atomic E-state index is 11.9. The number of aliphatic hydroxyl groups is 1. The quantitative estimate of drug-likeness (QED) is 0.656. The van der Waals surface area contributed by atoms with Crippen LogP contribution in [0.2, 0.25) is 0 Å². The second kappa shape index (κ2) is 5.33. The van der Waals surface area contributed by atoms with E-state index in [4.69, 9.17) is 10.5 Å². The number of ether oxygens (including phenoxy) is 1. The van der Waals surface area contributed by atoms with Gasteiger partial charge in [-0.25, -0.2) is 13.1 Å². The average Bonchev–Trinajstić information content (AvgIpc) is 2.69. The maximum Gasteiger partial charge on any atom is 0.240 e. The molecule has 0 radical (unpaired) electrons. The van der Waals surface area contributed by atoms with Gasteiger partial charge in [-0.3, -0.25) is 0 Å². The van der Waals surface area contributed by atoms with Crippen molar-refractivity contribution in [2.75, 3.05) is 13.2 Å². The third-order valence-electron chi connectivity index (χ3n) is 2.85. The zero-order chi connectivity index (χ0) is 13.2. The van der Waals surface area contributed by atoms with Gasteiger partial charge in [-0.2, -0.15) is 0 Å². The van der Waals surface area contributed by atoms with Gasteiger partial charge in [-0.1, -0.05) is 18.2 Å². The molecule has 0 aromatic heterocycles. The van der Waals surface area contributed by atoms with Crippen molar-refractivity contribution in [1.29, 1.82) is 0 Å². The first-order valence-electron chi connectivity index (χ1n) is 5.60. The summed E-state index contributed by atoms with van der Waals surface area (Å²) in [6.07, 6.45) is -1.44. The molecule has 2 rings (SSSR count). The highest BCUT2D eigenvalue weighted by Gasteiger charge is 2.34. The average molecular weight is 272 g/mol. The third-order valence-corrected chi connectivity index (χ3v) is 4.29. The molecule has 6 nitrogen and oxygen atoms in total. The van der Waals surface area contributed by atoms with E-state index in [0.29, 0.717) is 0 Å². The van der Waals surface area contributed by atoms with Gasteiger partial charge < -0.3 is 15.6 Å². The molecule has 0 aliphatic carbocycles. The predicted molar refractivity (Wildman–Crippen MR) is 65.4 cm³/mol. The van der Waals surface area contributed by atoms with Crippen LogP contribution < -0.4 is 10.5 Å². The van der Waals surface area contributed by atoms with Gasteiger partial charge in [-0.15, -0.1) is 0 Å². The number of nitrogens with one attached hydrogen (secondary N) is 1. The number of aliphatic hydroxyl groups excluding tert-OH is 1. The van der Waals surface area contributed by atoms with Crippen LogP contribution in [0.25, 0.3) is 0 Å². The Morgan fingerprint density at radius 2 is 2.06 bits per heavy atom. The van der Waals surface area contributed by atoms with Crippen LogP contribution in [0.1, 0.15) is 0 Å². The molecule has 100 valence electrons. The molecule has 0 spiro atoms. The first-order chi connectivity index (χ1) is 8.50. The highest BCUT2D eigenvalue weighted by Crippen LogP contribution is 2.13. The lowest BCUT2D eigenvalue weighted by atomic mass is 10.1. The molecule has 7 heteroatoms. The molecule has 1 fully saturated rings. The van der Waals surface area contributed by atoms with Crippen molar-refractivity contribution in [3.63, 3.8) is 0 Å². The molecule has 0 amide bonds. The molecule has 1 aromatic rings. The molecule has 18 heavy (non-hydrogen) atoms. The maximum absolute atomic E-state index is 11.9. The first kappa shape index (κ1) is 13.4. The molecule has 1 aliphatic heterocycles. The largest absolute Gasteiger partial charge is 0.389 e. The zero-order valence-electron chi connectivity index (χ0n) is 9.69. The summed E-state index contributed by atoms with van der Waals surface area (Å²) in [6.45, 7) is 0.241. The molecule has 4 N–H and O–H groups in total. The second-order valence-corrected chi connectivity index (χ2v) is 5.96. The Morgan fingerprint density at radius 3 is 2.61 bits per heavy atom. The Bertz CT molecular complexity index is 491. The summed E-state index contributed by atoms with van der Waals surface area (Å²) in [5.74, 6) is 0. The number of rotatable bonds is 4. The van der Waals surface area contributed by atoms with Crippen LogP contribution >= 0.6 is 0 Å². The summed E-state index contributed by atoms with van der Waals surface area (Å²) in [5.41, 5.74) is 5.57. The van der Waals surface area contributed by atoms with E-state index in [-0.39, 0.29) is 18.0 Å². The molecule has 1 heterocycles. The van der Waals surface area contributed by atoms with E-state index in [1.807, 2.05) is 0 Å². The lowest BCUT2D eigenvalue weighted by Crippen LogP contribution is -2.42. The van der Waals surface area contributed by atoms with Crippen molar-refractivity contribution in [2.45, 2.75) is 23.1 Å². The van der Waals surface area contributed by atoms with Crippen LogP contribution in [-0.4, -0.2) is 44.9 Å². The van der Waals surface area contributed by atoms with E-state index < -0.39 is 28.3 Å². The molecular weight excluding hydrogens is 256 g/mol. The van der Waals surface area contributed by atoms with E-state index >= 15 is 0 Å². The zero-order valence-corrected chi connectivity index (χ0v) is 10.5. The fourth-order valence-electron chi connectivity index (χ4n) is 1.76. The predicted octanol–water partition coefficient (Wildman–Crippen LogP) is -0.948. The lowest BCUT2D eigenvalue weighted by Gasteiger charge is -2.15. The Labute approximate surface area is 106 Å². The van der Waals surface area contributed by atoms with Crippen LogP contribution in [0.4, 0.5) is 0 Å². The molecule has 1 aliphatic rings. The van der Waals surface area contributed by atoms with Gasteiger partial charge in [0.2, 0.25) is 10.0 Å². The highest BCUT2D eigenvalue weighted by atomic mass is 32.2. The van der Waals surface area contributed by atoms with Gasteiger partial charge in [0, 0.05) is 6.54 Å². The summed E-state index contributed by atoms with van der Waals surface area (Å²) >= 11 is 0. The first-order valence-corrected chi connectivity index (χ1v) is 7.09. The van der Waals surface area contributed by atoms with Gasteiger partial charge in [-0.05, 0) is 12.1 Å². The molecule has 0 bridgehead atoms. The minimum absolute atomic E-state index is 0.00605. The van der Waals surface area contributed by atoms with E-state index in [1.54, 1.807) is 18.2 Å². The minimum Gasteiger partial charge on any atom is -0.389 e. The van der Waals surface area contributed by atoms with Gasteiger partial charge in [0.05, 0.1) is 29.8 Å². The van der Waals surface area contributed by atoms with Crippen molar-refractivity contribution in [3.8, 4) is 0 Å². The molecule has 1 saturated heterocycles. The second-order valence-electron chi connectivity index (χ2n) is 4.19. The SMILES string of the molecule is N[C@@H]1CO[C@H](CNS(=O)(=O)c2ccccc2)[C@H]1O. The number of hydrogen-bond donors (Lipinski definition) is 3. The van der Waals surface area contributed by atoms with E-state index in [9.17, 15) is 13.5 Å². The number of nitrogens with two attached hydrogens (primary N) is 1. The van der Waals surface area contributed by atoms with Gasteiger partial charge >= 0.3 is 0 Å². The Kier molecular flexibility index (Phi) is 3.98. The van der Waals surface area contributed by atoms with E-state index in [1.165, 1.54) is 12.1 Å². The minimum atomic E-state index is -3.57. The molecule has 3 atom stereocenters. The fraction of sp³-hybridized carbons (Fsp3) is 0.455. The van der Waals surface area contributed by atoms with E-state index in [2.05, 4.69) is 4.72 Å². The molecule has 1 aromatic carbocycles. The standard InChI is InChI=1S/C11H16N2O4S/c12-9-7-17-10(11(9)14)6-13-18(15,16)8-4-2-1-3-5-8/h1-5,9-11,13-14H,6-7,12H2/t9-,10-,11+/m1/s1. The number of sulfonamides is 1. The molecular formula is C11H16N2O4S. The summed E-state index contributed by atoms with van der Waals surface area (Å²) in [6, 6.07) is 7.56. The van der Waals surface area contributed by atoms with Crippen LogP contribution in [0.5, 0.6) is 0 Å². The summed E-state index contributed by atoms with van der Waals surface area (Å²) in [4.78, 5) is 0.182. The van der Waals surface area contributed by atoms with Crippen molar-refractivity contribution in [2.24, 2.45) is 5.73 Å². The van der Waals surface area contributed by atoms with Crippen LogP contribution in [0.15, 0.2) is 35.2 Å².